The molecule has 3 aromatic rings. The lowest BCUT2D eigenvalue weighted by Gasteiger charge is -2.37. The number of piperidine rings is 1. The number of benzene rings is 2. The number of halogens is 1. The van der Waals surface area contributed by atoms with Crippen LogP contribution in [0, 0.1) is 5.92 Å². The molecular formula is C29H36ClN3O7S2. The van der Waals surface area contributed by atoms with Crippen LogP contribution in [0.4, 0.5) is 9.93 Å². The summed E-state index contributed by atoms with van der Waals surface area (Å²) in [5.74, 6) is 1.45. The highest BCUT2D eigenvalue weighted by Crippen LogP contribution is 2.35. The second kappa shape index (κ2) is 13.0. The zero-order valence-electron chi connectivity index (χ0n) is 24.5. The standard InChI is InChI=1S/C29H36ClN3O7S2/c1-19-17-32(28(34)40-29(2,3)4)13-11-24(19)39-25-10-9-22(16-23(25)30)42(35,36)33(27-31-12-14-41-27)18-20-7-8-21(37-5)15-26(20)38-6/h7-10,12,14-16,19,24H,11,13,17-18H2,1-6H3/t19-,24+/m0/s1. The number of hydrogen-bond donors (Lipinski definition) is 0. The molecule has 42 heavy (non-hydrogen) atoms. The minimum atomic E-state index is -4.08. The molecule has 0 spiro atoms. The molecule has 0 saturated carbocycles. The fourth-order valence-electron chi connectivity index (χ4n) is 4.55. The third kappa shape index (κ3) is 7.40. The molecule has 0 bridgehead atoms. The van der Waals surface area contributed by atoms with E-state index < -0.39 is 15.6 Å². The number of sulfonamides is 1. The molecule has 1 amide bonds. The molecular weight excluding hydrogens is 602 g/mol. The highest BCUT2D eigenvalue weighted by molar-refractivity contribution is 7.93. The van der Waals surface area contributed by atoms with Crippen LogP contribution in [0.15, 0.2) is 52.9 Å². The van der Waals surface area contributed by atoms with Crippen LogP contribution in [0.5, 0.6) is 17.2 Å². The molecule has 2 atom stereocenters. The fourth-order valence-corrected chi connectivity index (χ4v) is 7.13. The Hall–Kier alpha value is -3.22. The van der Waals surface area contributed by atoms with E-state index in [-0.39, 0.29) is 34.6 Å². The van der Waals surface area contributed by atoms with Crippen LogP contribution < -0.4 is 18.5 Å². The SMILES string of the molecule is COc1ccc(CN(c2nccs2)S(=O)(=O)c2ccc(O[C@@H]3CCN(C(=O)OC(C)(C)C)C[C@@H]3C)c(Cl)c2)c(OC)c1. The largest absolute Gasteiger partial charge is 0.497 e. The molecule has 1 saturated heterocycles. The van der Waals surface area contributed by atoms with Crippen molar-refractivity contribution in [1.82, 2.24) is 9.88 Å². The zero-order valence-corrected chi connectivity index (χ0v) is 26.9. The molecule has 2 heterocycles. The van der Waals surface area contributed by atoms with E-state index in [1.807, 2.05) is 27.7 Å². The number of anilines is 1. The summed E-state index contributed by atoms with van der Waals surface area (Å²) in [7, 11) is -1.02. The van der Waals surface area contributed by atoms with Gasteiger partial charge in [0, 0.05) is 48.6 Å². The number of aromatic nitrogens is 1. The second-order valence-corrected chi connectivity index (χ2v) is 14.1. The topological polar surface area (TPSA) is 108 Å². The third-order valence-corrected chi connectivity index (χ3v) is 9.63. The lowest BCUT2D eigenvalue weighted by molar-refractivity contribution is 0.000365. The molecule has 2 aromatic carbocycles. The van der Waals surface area contributed by atoms with E-state index in [1.165, 1.54) is 34.9 Å². The first kappa shape index (κ1) is 31.7. The Morgan fingerprint density at radius 1 is 1.14 bits per heavy atom. The first-order chi connectivity index (χ1) is 19.8. The Kier molecular flexibility index (Phi) is 9.79. The lowest BCUT2D eigenvalue weighted by Crippen LogP contribution is -2.48. The number of ether oxygens (including phenoxy) is 4. The van der Waals surface area contributed by atoms with Gasteiger partial charge in [-0.15, -0.1) is 11.3 Å². The van der Waals surface area contributed by atoms with E-state index in [1.54, 1.807) is 47.9 Å². The molecule has 4 rings (SSSR count). The second-order valence-electron chi connectivity index (χ2n) is 10.9. The average molecular weight is 638 g/mol. The Morgan fingerprint density at radius 3 is 2.50 bits per heavy atom. The summed E-state index contributed by atoms with van der Waals surface area (Å²) >= 11 is 7.79. The molecule has 13 heteroatoms. The van der Waals surface area contributed by atoms with E-state index in [0.29, 0.717) is 47.5 Å². The number of amides is 1. The van der Waals surface area contributed by atoms with Crippen molar-refractivity contribution < 1.29 is 32.2 Å². The van der Waals surface area contributed by atoms with Gasteiger partial charge in [-0.3, -0.25) is 0 Å². The van der Waals surface area contributed by atoms with Gasteiger partial charge in [0.05, 0.1) is 30.7 Å². The van der Waals surface area contributed by atoms with Crippen LogP contribution >= 0.6 is 22.9 Å². The Labute approximate surface area is 256 Å². The van der Waals surface area contributed by atoms with Crippen LogP contribution in [0.2, 0.25) is 5.02 Å². The number of carbonyl (C=O) groups is 1. The van der Waals surface area contributed by atoms with Crippen molar-refractivity contribution in [3.8, 4) is 17.2 Å². The molecule has 10 nitrogen and oxygen atoms in total. The zero-order chi connectivity index (χ0) is 30.7. The summed E-state index contributed by atoms with van der Waals surface area (Å²) in [5.41, 5.74) is 0.0638. The van der Waals surface area contributed by atoms with Gasteiger partial charge >= 0.3 is 6.09 Å². The molecule has 1 aliphatic heterocycles. The predicted molar refractivity (Wildman–Crippen MR) is 162 cm³/mol. The van der Waals surface area contributed by atoms with Crippen molar-refractivity contribution in [2.45, 2.75) is 57.3 Å². The normalized spacial score (nSPS) is 17.5. The Balaban J connectivity index is 1.53. The number of carbonyl (C=O) groups excluding carboxylic acids is 1. The van der Waals surface area contributed by atoms with Gasteiger partial charge < -0.3 is 23.8 Å². The summed E-state index contributed by atoms with van der Waals surface area (Å²) < 4.78 is 51.6. The number of likely N-dealkylation sites (tertiary alicyclic amines) is 1. The summed E-state index contributed by atoms with van der Waals surface area (Å²) in [4.78, 5) is 18.4. The van der Waals surface area contributed by atoms with Crippen molar-refractivity contribution in [2.75, 3.05) is 31.6 Å². The van der Waals surface area contributed by atoms with E-state index in [2.05, 4.69) is 4.98 Å². The van der Waals surface area contributed by atoms with E-state index in [9.17, 15) is 13.2 Å². The van der Waals surface area contributed by atoms with Gasteiger partial charge in [-0.2, -0.15) is 0 Å². The number of thiazole rings is 1. The molecule has 228 valence electrons. The van der Waals surface area contributed by atoms with Crippen LogP contribution in [-0.2, 0) is 21.3 Å². The first-order valence-corrected chi connectivity index (χ1v) is 16.1. The maximum absolute atomic E-state index is 13.9. The van der Waals surface area contributed by atoms with Gasteiger partial charge in [-0.05, 0) is 51.1 Å². The summed E-state index contributed by atoms with van der Waals surface area (Å²) in [5, 5.41) is 2.18. The van der Waals surface area contributed by atoms with Crippen LogP contribution in [0.1, 0.15) is 39.7 Å². The smallest absolute Gasteiger partial charge is 0.410 e. The summed E-state index contributed by atoms with van der Waals surface area (Å²) in [6.45, 7) is 8.43. The van der Waals surface area contributed by atoms with Gasteiger partial charge in [-0.1, -0.05) is 18.5 Å². The number of nitrogens with zero attached hydrogens (tertiary/aromatic N) is 3. The number of hydrogen-bond acceptors (Lipinski definition) is 9. The lowest BCUT2D eigenvalue weighted by atomic mass is 9.96. The van der Waals surface area contributed by atoms with E-state index in [0.717, 1.165) is 0 Å². The Bertz CT molecular complexity index is 1490. The Morgan fingerprint density at radius 2 is 1.90 bits per heavy atom. The van der Waals surface area contributed by atoms with Crippen molar-refractivity contribution in [2.24, 2.45) is 5.92 Å². The molecule has 0 N–H and O–H groups in total. The molecule has 1 aromatic heterocycles. The van der Waals surface area contributed by atoms with Crippen molar-refractivity contribution in [3.63, 3.8) is 0 Å². The average Bonchev–Trinajstić information content (AvgIpc) is 3.47. The monoisotopic (exact) mass is 637 g/mol. The van der Waals surface area contributed by atoms with E-state index >= 15 is 0 Å². The van der Waals surface area contributed by atoms with Gasteiger partial charge in [0.1, 0.15) is 29.0 Å². The molecule has 0 unspecified atom stereocenters. The maximum Gasteiger partial charge on any atom is 0.410 e. The van der Waals surface area contributed by atoms with Gasteiger partial charge in [0.25, 0.3) is 10.0 Å². The molecule has 1 aliphatic rings. The van der Waals surface area contributed by atoms with Crippen LogP contribution in [0.25, 0.3) is 0 Å². The molecule has 1 fully saturated rings. The number of rotatable bonds is 9. The molecule has 0 radical (unpaired) electrons. The van der Waals surface area contributed by atoms with Gasteiger partial charge in [0.15, 0.2) is 5.13 Å². The predicted octanol–water partition coefficient (Wildman–Crippen LogP) is 6.23. The van der Waals surface area contributed by atoms with Crippen LogP contribution in [-0.4, -0.2) is 63.4 Å². The van der Waals surface area contributed by atoms with Crippen molar-refractivity contribution in [3.05, 3.63) is 58.6 Å². The minimum Gasteiger partial charge on any atom is -0.497 e. The first-order valence-electron chi connectivity index (χ1n) is 13.4. The van der Waals surface area contributed by atoms with E-state index in [4.69, 9.17) is 30.5 Å². The van der Waals surface area contributed by atoms with Crippen molar-refractivity contribution >= 4 is 44.2 Å². The highest BCUT2D eigenvalue weighted by atomic mass is 35.5. The van der Waals surface area contributed by atoms with Crippen molar-refractivity contribution in [1.29, 1.82) is 0 Å². The minimum absolute atomic E-state index is 0.00433. The third-order valence-electron chi connectivity index (χ3n) is 6.69. The maximum atomic E-state index is 13.9. The summed E-state index contributed by atoms with van der Waals surface area (Å²) in [6.07, 6.45) is 1.57. The van der Waals surface area contributed by atoms with Crippen LogP contribution in [0.3, 0.4) is 0 Å². The number of methoxy groups -OCH3 is 2. The van der Waals surface area contributed by atoms with Gasteiger partial charge in [0.2, 0.25) is 0 Å². The summed E-state index contributed by atoms with van der Waals surface area (Å²) in [6, 6.07) is 9.63. The van der Waals surface area contributed by atoms with Gasteiger partial charge in [-0.25, -0.2) is 22.5 Å². The fraction of sp³-hybridized carbons (Fsp3) is 0.448. The molecule has 0 aliphatic carbocycles. The highest BCUT2D eigenvalue weighted by Gasteiger charge is 2.33. The quantitative estimate of drug-likeness (QED) is 0.272.